The van der Waals surface area contributed by atoms with Crippen LogP contribution in [0.2, 0.25) is 0 Å². The summed E-state index contributed by atoms with van der Waals surface area (Å²) in [7, 11) is 0. The quantitative estimate of drug-likeness (QED) is 0.849. The zero-order chi connectivity index (χ0) is 17.6. The van der Waals surface area contributed by atoms with Crippen LogP contribution in [-0.4, -0.2) is 71.1 Å². The van der Waals surface area contributed by atoms with Gasteiger partial charge in [0.15, 0.2) is 0 Å². The summed E-state index contributed by atoms with van der Waals surface area (Å²) < 4.78 is 0. The van der Waals surface area contributed by atoms with Gasteiger partial charge in [0.05, 0.1) is 12.2 Å². The first-order valence-corrected chi connectivity index (χ1v) is 8.56. The number of hydrogen-bond donors (Lipinski definition) is 2. The Balaban J connectivity index is 1.56. The molecule has 2 aromatic rings. The highest BCUT2D eigenvalue weighted by Gasteiger charge is 2.24. The summed E-state index contributed by atoms with van der Waals surface area (Å²) in [4.78, 5) is 28.1. The molecule has 2 heterocycles. The number of aromatic amines is 1. The highest BCUT2D eigenvalue weighted by Crippen LogP contribution is 2.18. The van der Waals surface area contributed by atoms with Gasteiger partial charge in [-0.3, -0.25) is 19.6 Å². The molecule has 1 fully saturated rings. The van der Waals surface area contributed by atoms with Crippen molar-refractivity contribution in [2.24, 2.45) is 0 Å². The summed E-state index contributed by atoms with van der Waals surface area (Å²) in [5.74, 6) is -0.0179. The molecule has 1 aliphatic heterocycles. The number of rotatable bonds is 5. The molecule has 0 aliphatic carbocycles. The van der Waals surface area contributed by atoms with E-state index >= 15 is 0 Å². The normalized spacial score (nSPS) is 15.2. The van der Waals surface area contributed by atoms with Gasteiger partial charge in [0, 0.05) is 38.3 Å². The van der Waals surface area contributed by atoms with Crippen LogP contribution >= 0.6 is 0 Å². The summed E-state index contributed by atoms with van der Waals surface area (Å²) in [5, 5.41) is 9.88. The van der Waals surface area contributed by atoms with Crippen LogP contribution < -0.4 is 5.32 Å². The van der Waals surface area contributed by atoms with Crippen LogP contribution in [0.5, 0.6) is 0 Å². The summed E-state index contributed by atoms with van der Waals surface area (Å²) in [6.07, 6.45) is 0. The van der Waals surface area contributed by atoms with Gasteiger partial charge in [-0.15, -0.1) is 0 Å². The van der Waals surface area contributed by atoms with E-state index in [1.54, 1.807) is 11.0 Å². The van der Waals surface area contributed by atoms with Gasteiger partial charge in [0.2, 0.25) is 5.91 Å². The van der Waals surface area contributed by atoms with E-state index < -0.39 is 0 Å². The second-order valence-corrected chi connectivity index (χ2v) is 6.05. The second-order valence-electron chi connectivity index (χ2n) is 6.05. The van der Waals surface area contributed by atoms with Crippen molar-refractivity contribution in [2.45, 2.75) is 6.92 Å². The van der Waals surface area contributed by atoms with Crippen LogP contribution in [0.4, 0.5) is 0 Å². The van der Waals surface area contributed by atoms with E-state index in [1.165, 1.54) is 0 Å². The molecule has 1 aromatic carbocycles. The third-order valence-electron chi connectivity index (χ3n) is 4.28. The number of hydrogen-bond acceptors (Lipinski definition) is 4. The Labute approximate surface area is 147 Å². The number of piperazine rings is 1. The monoisotopic (exact) mass is 341 g/mol. The number of amides is 2. The van der Waals surface area contributed by atoms with Gasteiger partial charge in [-0.05, 0) is 13.0 Å². The second kappa shape index (κ2) is 7.94. The van der Waals surface area contributed by atoms with Crippen molar-refractivity contribution < 1.29 is 9.59 Å². The maximum Gasteiger partial charge on any atom is 0.271 e. The topological polar surface area (TPSA) is 81.3 Å². The van der Waals surface area contributed by atoms with Gasteiger partial charge in [0.25, 0.3) is 5.91 Å². The molecule has 0 bridgehead atoms. The number of carbonyl (C=O) groups is 2. The fourth-order valence-electron chi connectivity index (χ4n) is 2.92. The van der Waals surface area contributed by atoms with Crippen LogP contribution in [0.1, 0.15) is 17.4 Å². The molecular weight excluding hydrogens is 318 g/mol. The Morgan fingerprint density at radius 2 is 1.88 bits per heavy atom. The lowest BCUT2D eigenvalue weighted by molar-refractivity contribution is -0.122. The first kappa shape index (κ1) is 17.2. The molecule has 7 heteroatoms. The van der Waals surface area contributed by atoms with Gasteiger partial charge in [-0.25, -0.2) is 0 Å². The lowest BCUT2D eigenvalue weighted by atomic mass is 10.1. The molecular formula is C18H23N5O2. The lowest BCUT2D eigenvalue weighted by Crippen LogP contribution is -2.51. The number of H-pyrrole nitrogens is 1. The van der Waals surface area contributed by atoms with Crippen molar-refractivity contribution in [3.8, 4) is 11.3 Å². The smallest absolute Gasteiger partial charge is 0.271 e. The molecule has 7 nitrogen and oxygen atoms in total. The first-order chi connectivity index (χ1) is 12.2. The lowest BCUT2D eigenvalue weighted by Gasteiger charge is -2.34. The predicted octanol–water partition coefficient (Wildman–Crippen LogP) is 0.971. The van der Waals surface area contributed by atoms with Crippen molar-refractivity contribution in [1.29, 1.82) is 0 Å². The number of benzene rings is 1. The maximum absolute atomic E-state index is 12.6. The fraction of sp³-hybridized carbons (Fsp3) is 0.389. The minimum absolute atomic E-state index is 0.0309. The summed E-state index contributed by atoms with van der Waals surface area (Å²) in [5.41, 5.74) is 2.24. The van der Waals surface area contributed by atoms with Crippen molar-refractivity contribution in [1.82, 2.24) is 25.3 Å². The highest BCUT2D eigenvalue weighted by molar-refractivity contribution is 5.93. The number of aromatic nitrogens is 2. The molecule has 1 aromatic heterocycles. The molecule has 25 heavy (non-hydrogen) atoms. The zero-order valence-electron chi connectivity index (χ0n) is 14.4. The molecule has 0 unspecified atom stereocenters. The Hall–Kier alpha value is -2.67. The van der Waals surface area contributed by atoms with E-state index in [-0.39, 0.29) is 11.8 Å². The third-order valence-corrected chi connectivity index (χ3v) is 4.28. The summed E-state index contributed by atoms with van der Waals surface area (Å²) >= 11 is 0. The Bertz CT molecular complexity index is 720. The number of nitrogens with one attached hydrogen (secondary N) is 2. The van der Waals surface area contributed by atoms with E-state index in [2.05, 4.69) is 20.4 Å². The molecule has 132 valence electrons. The van der Waals surface area contributed by atoms with E-state index in [0.717, 1.165) is 11.3 Å². The standard InChI is InChI=1S/C18H23N5O2/c1-2-19-17(24)13-22-8-10-23(11-9-22)18(25)16-12-15(20-21-16)14-6-4-3-5-7-14/h3-7,12H,2,8-11,13H2,1H3,(H,19,24)(H,20,21). The van der Waals surface area contributed by atoms with Crippen LogP contribution in [0.15, 0.2) is 36.4 Å². The van der Waals surface area contributed by atoms with Crippen LogP contribution in [-0.2, 0) is 4.79 Å². The molecule has 1 saturated heterocycles. The van der Waals surface area contributed by atoms with E-state index in [1.807, 2.05) is 37.3 Å². The average Bonchev–Trinajstić information content (AvgIpc) is 3.13. The summed E-state index contributed by atoms with van der Waals surface area (Å²) in [6, 6.07) is 11.6. The molecule has 1 aliphatic rings. The molecule has 0 saturated carbocycles. The largest absolute Gasteiger partial charge is 0.355 e. The van der Waals surface area contributed by atoms with Crippen molar-refractivity contribution >= 4 is 11.8 Å². The molecule has 0 atom stereocenters. The minimum Gasteiger partial charge on any atom is -0.355 e. The maximum atomic E-state index is 12.6. The Kier molecular flexibility index (Phi) is 5.45. The average molecular weight is 341 g/mol. The van der Waals surface area contributed by atoms with Crippen molar-refractivity contribution in [3.05, 3.63) is 42.1 Å². The van der Waals surface area contributed by atoms with Gasteiger partial charge in [0.1, 0.15) is 5.69 Å². The first-order valence-electron chi connectivity index (χ1n) is 8.56. The fourth-order valence-corrected chi connectivity index (χ4v) is 2.92. The minimum atomic E-state index is -0.0488. The molecule has 0 spiro atoms. The summed E-state index contributed by atoms with van der Waals surface area (Å²) in [6.45, 7) is 5.54. The van der Waals surface area contributed by atoms with Crippen LogP contribution in [0.25, 0.3) is 11.3 Å². The van der Waals surface area contributed by atoms with Crippen molar-refractivity contribution in [3.63, 3.8) is 0 Å². The van der Waals surface area contributed by atoms with Gasteiger partial charge in [-0.1, -0.05) is 30.3 Å². The van der Waals surface area contributed by atoms with E-state index in [9.17, 15) is 9.59 Å². The molecule has 2 amide bonds. The third kappa shape index (κ3) is 4.24. The molecule has 2 N–H and O–H groups in total. The van der Waals surface area contributed by atoms with Gasteiger partial charge < -0.3 is 10.2 Å². The van der Waals surface area contributed by atoms with Crippen LogP contribution in [0, 0.1) is 0 Å². The van der Waals surface area contributed by atoms with Gasteiger partial charge in [-0.2, -0.15) is 5.10 Å². The Morgan fingerprint density at radius 3 is 2.56 bits per heavy atom. The molecule has 3 rings (SSSR count). The Morgan fingerprint density at radius 1 is 1.16 bits per heavy atom. The number of likely N-dealkylation sites (N-methyl/N-ethyl adjacent to an activating group) is 1. The predicted molar refractivity (Wildman–Crippen MR) is 95.1 cm³/mol. The SMILES string of the molecule is CCNC(=O)CN1CCN(C(=O)c2cc(-c3ccccc3)n[nH]2)CC1. The van der Waals surface area contributed by atoms with Crippen molar-refractivity contribution in [2.75, 3.05) is 39.3 Å². The highest BCUT2D eigenvalue weighted by atomic mass is 16.2. The van der Waals surface area contributed by atoms with E-state index in [4.69, 9.17) is 0 Å². The number of nitrogens with zero attached hydrogens (tertiary/aromatic N) is 3. The van der Waals surface area contributed by atoms with Crippen LogP contribution in [0.3, 0.4) is 0 Å². The zero-order valence-corrected chi connectivity index (χ0v) is 14.4. The number of carbonyl (C=O) groups excluding carboxylic acids is 2. The van der Waals surface area contributed by atoms with E-state index in [0.29, 0.717) is 45.0 Å². The van der Waals surface area contributed by atoms with Gasteiger partial charge >= 0.3 is 0 Å². The molecule has 0 radical (unpaired) electrons.